The van der Waals surface area contributed by atoms with Gasteiger partial charge in [-0.25, -0.2) is 4.79 Å². The topological polar surface area (TPSA) is 55.4 Å². The van der Waals surface area contributed by atoms with E-state index in [4.69, 9.17) is 0 Å². The maximum absolute atomic E-state index is 11.6. The van der Waals surface area contributed by atoms with Crippen LogP contribution < -0.4 is 5.32 Å². The molecule has 0 radical (unpaired) electrons. The van der Waals surface area contributed by atoms with E-state index in [2.05, 4.69) is 10.1 Å². The fourth-order valence-corrected chi connectivity index (χ4v) is 1.40. The van der Waals surface area contributed by atoms with Gasteiger partial charge in [0.25, 0.3) is 0 Å². The predicted molar refractivity (Wildman–Crippen MR) is 62.9 cm³/mol. The molecule has 0 aliphatic carbocycles. The number of hydrogen-bond donors (Lipinski definition) is 1. The number of nitrogens with one attached hydrogen (secondary N) is 1. The average Bonchev–Trinajstić information content (AvgIpc) is 2.22. The normalized spacial score (nSPS) is 14.4. The van der Waals surface area contributed by atoms with Gasteiger partial charge in [0.05, 0.1) is 7.11 Å². The maximum Gasteiger partial charge on any atom is 0.328 e. The second-order valence-corrected chi connectivity index (χ2v) is 4.55. The molecule has 16 heavy (non-hydrogen) atoms. The molecule has 0 fully saturated rings. The highest BCUT2D eigenvalue weighted by Gasteiger charge is 2.26. The fourth-order valence-electron chi connectivity index (χ4n) is 1.40. The highest BCUT2D eigenvalue weighted by Crippen LogP contribution is 2.10. The molecule has 0 heterocycles. The smallest absolute Gasteiger partial charge is 0.328 e. The summed E-state index contributed by atoms with van der Waals surface area (Å²) in [5.41, 5.74) is 0. The zero-order valence-corrected chi connectivity index (χ0v) is 10.9. The molecule has 4 nitrogen and oxygen atoms in total. The first kappa shape index (κ1) is 14.9. The lowest BCUT2D eigenvalue weighted by Crippen LogP contribution is -2.45. The van der Waals surface area contributed by atoms with E-state index in [9.17, 15) is 9.59 Å². The fraction of sp³-hybridized carbons (Fsp3) is 0.833. The molecule has 0 aromatic rings. The summed E-state index contributed by atoms with van der Waals surface area (Å²) < 4.78 is 4.69. The second kappa shape index (κ2) is 7.25. The molecule has 0 spiro atoms. The third-order valence-corrected chi connectivity index (χ3v) is 2.58. The lowest BCUT2D eigenvalue weighted by atomic mass is 9.98. The summed E-state index contributed by atoms with van der Waals surface area (Å²) in [6, 6.07) is -0.527. The van der Waals surface area contributed by atoms with Gasteiger partial charge in [0.1, 0.15) is 6.04 Å². The summed E-state index contributed by atoms with van der Waals surface area (Å²) in [6.45, 7) is 7.85. The van der Waals surface area contributed by atoms with Crippen LogP contribution in [0.3, 0.4) is 0 Å². The minimum atomic E-state index is -0.527. The Kier molecular flexibility index (Phi) is 6.77. The van der Waals surface area contributed by atoms with E-state index >= 15 is 0 Å². The molecule has 4 heteroatoms. The molecular weight excluding hydrogens is 206 g/mol. The van der Waals surface area contributed by atoms with Crippen LogP contribution in [0.25, 0.3) is 0 Å². The van der Waals surface area contributed by atoms with Crippen LogP contribution in [0.5, 0.6) is 0 Å². The number of methoxy groups -OCH3 is 1. The number of hydrogen-bond acceptors (Lipinski definition) is 3. The van der Waals surface area contributed by atoms with Gasteiger partial charge in [-0.05, 0) is 11.8 Å². The molecule has 0 saturated heterocycles. The molecule has 0 rings (SSSR count). The molecule has 0 aromatic heterocycles. The van der Waals surface area contributed by atoms with E-state index in [0.29, 0.717) is 6.42 Å². The van der Waals surface area contributed by atoms with Crippen molar-refractivity contribution in [2.24, 2.45) is 11.8 Å². The summed E-state index contributed by atoms with van der Waals surface area (Å²) in [7, 11) is 1.34. The van der Waals surface area contributed by atoms with Crippen LogP contribution in [0.2, 0.25) is 0 Å². The van der Waals surface area contributed by atoms with Crippen molar-refractivity contribution < 1.29 is 14.3 Å². The van der Waals surface area contributed by atoms with Crippen molar-refractivity contribution in [3.8, 4) is 0 Å². The third kappa shape index (κ3) is 5.14. The zero-order chi connectivity index (χ0) is 12.7. The molecule has 0 unspecified atom stereocenters. The van der Waals surface area contributed by atoms with Gasteiger partial charge in [0.2, 0.25) is 5.91 Å². The summed E-state index contributed by atoms with van der Waals surface area (Å²) in [5.74, 6) is -0.0871. The van der Waals surface area contributed by atoms with Crippen molar-refractivity contribution in [1.29, 1.82) is 0 Å². The Bertz CT molecular complexity index is 238. The number of carbonyl (C=O) groups is 2. The first-order valence-electron chi connectivity index (χ1n) is 5.79. The molecule has 0 aromatic carbocycles. The summed E-state index contributed by atoms with van der Waals surface area (Å²) in [6.07, 6.45) is 1.26. The van der Waals surface area contributed by atoms with Crippen LogP contribution in [0, 0.1) is 11.8 Å². The van der Waals surface area contributed by atoms with E-state index in [1.807, 2.05) is 27.7 Å². The molecule has 0 aliphatic heterocycles. The first-order chi connectivity index (χ1) is 7.42. The van der Waals surface area contributed by atoms with Gasteiger partial charge < -0.3 is 10.1 Å². The Balaban J connectivity index is 4.43. The minimum absolute atomic E-state index is 0.0866. The third-order valence-electron chi connectivity index (χ3n) is 2.58. The first-order valence-corrected chi connectivity index (χ1v) is 5.79. The Labute approximate surface area is 97.7 Å². The molecule has 1 amide bonds. The SMILES string of the molecule is CC[C@H](C)[C@@H](NC(=O)CC(C)C)C(=O)OC. The van der Waals surface area contributed by atoms with Gasteiger partial charge in [0, 0.05) is 6.42 Å². The number of carbonyl (C=O) groups excluding carboxylic acids is 2. The summed E-state index contributed by atoms with van der Waals surface area (Å²) in [5, 5.41) is 2.74. The molecule has 0 bridgehead atoms. The quantitative estimate of drug-likeness (QED) is 0.706. The molecule has 1 N–H and O–H groups in total. The lowest BCUT2D eigenvalue weighted by molar-refractivity contribution is -0.146. The van der Waals surface area contributed by atoms with E-state index in [-0.39, 0.29) is 23.7 Å². The van der Waals surface area contributed by atoms with Gasteiger partial charge in [-0.3, -0.25) is 4.79 Å². The van der Waals surface area contributed by atoms with Crippen molar-refractivity contribution >= 4 is 11.9 Å². The van der Waals surface area contributed by atoms with Crippen molar-refractivity contribution in [2.75, 3.05) is 7.11 Å². The van der Waals surface area contributed by atoms with Gasteiger partial charge in [-0.1, -0.05) is 34.1 Å². The van der Waals surface area contributed by atoms with Crippen molar-refractivity contribution in [2.45, 2.75) is 46.6 Å². The minimum Gasteiger partial charge on any atom is -0.467 e. The second-order valence-electron chi connectivity index (χ2n) is 4.55. The van der Waals surface area contributed by atoms with Crippen molar-refractivity contribution in [3.63, 3.8) is 0 Å². The number of esters is 1. The van der Waals surface area contributed by atoms with E-state index in [1.54, 1.807) is 0 Å². The highest BCUT2D eigenvalue weighted by molar-refractivity contribution is 5.84. The number of amides is 1. The van der Waals surface area contributed by atoms with E-state index in [0.717, 1.165) is 6.42 Å². The summed E-state index contributed by atoms with van der Waals surface area (Å²) in [4.78, 5) is 23.1. The standard InChI is InChI=1S/C12H23NO3/c1-6-9(4)11(12(15)16-5)13-10(14)7-8(2)3/h8-9,11H,6-7H2,1-5H3,(H,13,14)/t9-,11+/m0/s1. The van der Waals surface area contributed by atoms with Crippen LogP contribution in [0.1, 0.15) is 40.5 Å². The highest BCUT2D eigenvalue weighted by atomic mass is 16.5. The van der Waals surface area contributed by atoms with E-state index < -0.39 is 6.04 Å². The van der Waals surface area contributed by atoms with Gasteiger partial charge in [0.15, 0.2) is 0 Å². The van der Waals surface area contributed by atoms with Crippen LogP contribution in [-0.4, -0.2) is 25.0 Å². The Hall–Kier alpha value is -1.06. The Morgan fingerprint density at radius 1 is 1.25 bits per heavy atom. The zero-order valence-electron chi connectivity index (χ0n) is 10.9. The average molecular weight is 229 g/mol. The number of ether oxygens (including phenoxy) is 1. The maximum atomic E-state index is 11.6. The van der Waals surface area contributed by atoms with Crippen LogP contribution in [-0.2, 0) is 14.3 Å². The van der Waals surface area contributed by atoms with Crippen molar-refractivity contribution in [3.05, 3.63) is 0 Å². The monoisotopic (exact) mass is 229 g/mol. The number of rotatable bonds is 6. The Morgan fingerprint density at radius 3 is 2.19 bits per heavy atom. The summed E-state index contributed by atoms with van der Waals surface area (Å²) >= 11 is 0. The molecule has 2 atom stereocenters. The molecule has 0 saturated carbocycles. The predicted octanol–water partition coefficient (Wildman–Crippen LogP) is 1.74. The van der Waals surface area contributed by atoms with Gasteiger partial charge in [-0.2, -0.15) is 0 Å². The van der Waals surface area contributed by atoms with Crippen LogP contribution in [0.15, 0.2) is 0 Å². The molecule has 94 valence electrons. The molecular formula is C12H23NO3. The van der Waals surface area contributed by atoms with E-state index in [1.165, 1.54) is 7.11 Å². The van der Waals surface area contributed by atoms with Gasteiger partial charge in [-0.15, -0.1) is 0 Å². The largest absolute Gasteiger partial charge is 0.467 e. The van der Waals surface area contributed by atoms with Crippen LogP contribution in [0.4, 0.5) is 0 Å². The Morgan fingerprint density at radius 2 is 1.81 bits per heavy atom. The lowest BCUT2D eigenvalue weighted by Gasteiger charge is -2.22. The van der Waals surface area contributed by atoms with Crippen LogP contribution >= 0.6 is 0 Å². The van der Waals surface area contributed by atoms with Gasteiger partial charge >= 0.3 is 5.97 Å². The molecule has 0 aliphatic rings. The van der Waals surface area contributed by atoms with Crippen molar-refractivity contribution in [1.82, 2.24) is 5.32 Å².